The van der Waals surface area contributed by atoms with Crippen molar-refractivity contribution in [3.8, 4) is 0 Å². The third kappa shape index (κ3) is 4.47. The monoisotopic (exact) mass is 452 g/mol. The molecule has 3 rings (SSSR count). The number of nitrogens with two attached hydrogens (primary N) is 1. The van der Waals surface area contributed by atoms with Crippen molar-refractivity contribution in [2.45, 2.75) is 32.2 Å². The molecule has 2 heterocycles. The maximum absolute atomic E-state index is 12.7. The zero-order valence-electron chi connectivity index (χ0n) is 14.7. The van der Waals surface area contributed by atoms with Crippen LogP contribution in [0, 0.1) is 10.7 Å². The van der Waals surface area contributed by atoms with Crippen molar-refractivity contribution in [3.63, 3.8) is 0 Å². The molecule has 7 nitrogen and oxygen atoms in total. The fourth-order valence-corrected chi connectivity index (χ4v) is 4.03. The number of piperidine rings is 1. The topological polar surface area (TPSA) is 101 Å². The molecule has 1 aliphatic rings. The fourth-order valence-electron chi connectivity index (χ4n) is 3.39. The number of H-pyrrole nitrogens is 1. The molecule has 9 heteroatoms. The van der Waals surface area contributed by atoms with E-state index in [9.17, 15) is 14.4 Å². The number of hydrogen-bond acceptors (Lipinski definition) is 4. The highest BCUT2D eigenvalue weighted by atomic mass is 79.9. The van der Waals surface area contributed by atoms with Crippen LogP contribution < -0.4 is 11.3 Å². The van der Waals surface area contributed by atoms with Crippen molar-refractivity contribution in [2.75, 3.05) is 13.1 Å². The first-order valence-electron chi connectivity index (χ1n) is 8.86. The van der Waals surface area contributed by atoms with E-state index in [4.69, 9.17) is 18.0 Å². The number of hydrogen-bond donors (Lipinski definition) is 2. The number of halogens is 1. The summed E-state index contributed by atoms with van der Waals surface area (Å²) in [7, 11) is 0. The lowest BCUT2D eigenvalue weighted by atomic mass is 9.96. The van der Waals surface area contributed by atoms with Gasteiger partial charge in [-0.3, -0.25) is 19.0 Å². The zero-order chi connectivity index (χ0) is 19.6. The SMILES string of the molecule is NC(=O)C1CCN(C(=O)CCCn2c(=S)[nH]c3ccc(Br)cc3c2=O)CC1. The first-order chi connectivity index (χ1) is 12.9. The van der Waals surface area contributed by atoms with Crippen molar-refractivity contribution in [1.29, 1.82) is 0 Å². The van der Waals surface area contributed by atoms with Gasteiger partial charge in [0.1, 0.15) is 0 Å². The predicted octanol–water partition coefficient (Wildman–Crippen LogP) is 2.33. The summed E-state index contributed by atoms with van der Waals surface area (Å²) in [5.74, 6) is -0.397. The molecule has 0 unspecified atom stereocenters. The normalized spacial score (nSPS) is 15.2. The lowest BCUT2D eigenvalue weighted by Crippen LogP contribution is -2.41. The number of rotatable bonds is 5. The molecule has 2 aromatic rings. The maximum atomic E-state index is 12.7. The average molecular weight is 453 g/mol. The van der Waals surface area contributed by atoms with Crippen LogP contribution in [0.4, 0.5) is 0 Å². The van der Waals surface area contributed by atoms with Gasteiger partial charge in [-0.2, -0.15) is 0 Å². The van der Waals surface area contributed by atoms with Gasteiger partial charge >= 0.3 is 0 Å². The fraction of sp³-hybridized carbons (Fsp3) is 0.444. The molecule has 1 aromatic heterocycles. The van der Waals surface area contributed by atoms with Crippen LogP contribution in [-0.2, 0) is 16.1 Å². The molecule has 1 saturated heterocycles. The summed E-state index contributed by atoms with van der Waals surface area (Å²) >= 11 is 8.67. The van der Waals surface area contributed by atoms with Crippen LogP contribution in [0.25, 0.3) is 10.9 Å². The van der Waals surface area contributed by atoms with Crippen molar-refractivity contribution < 1.29 is 9.59 Å². The molecule has 0 aliphatic carbocycles. The minimum absolute atomic E-state index is 0.0319. The van der Waals surface area contributed by atoms with Gasteiger partial charge in [-0.1, -0.05) is 15.9 Å². The number of nitrogens with one attached hydrogen (secondary N) is 1. The van der Waals surface area contributed by atoms with E-state index in [1.807, 2.05) is 6.07 Å². The molecule has 0 bridgehead atoms. The summed E-state index contributed by atoms with van der Waals surface area (Å²) < 4.78 is 2.67. The summed E-state index contributed by atoms with van der Waals surface area (Å²) in [4.78, 5) is 41.1. The number of benzene rings is 1. The number of aromatic amines is 1. The summed E-state index contributed by atoms with van der Waals surface area (Å²) in [6, 6.07) is 5.41. The Morgan fingerprint density at radius 2 is 2.00 bits per heavy atom. The second-order valence-electron chi connectivity index (χ2n) is 6.74. The van der Waals surface area contributed by atoms with Gasteiger partial charge in [0, 0.05) is 36.4 Å². The number of aromatic nitrogens is 2. The Kier molecular flexibility index (Phi) is 6.11. The number of amides is 2. The third-order valence-electron chi connectivity index (χ3n) is 4.97. The van der Waals surface area contributed by atoms with Crippen LogP contribution in [0.2, 0.25) is 0 Å². The third-order valence-corrected chi connectivity index (χ3v) is 5.78. The molecule has 27 heavy (non-hydrogen) atoms. The lowest BCUT2D eigenvalue weighted by molar-refractivity contribution is -0.135. The Morgan fingerprint density at radius 3 is 2.67 bits per heavy atom. The molecule has 0 spiro atoms. The van der Waals surface area contributed by atoms with Crippen molar-refractivity contribution >= 4 is 50.9 Å². The maximum Gasteiger partial charge on any atom is 0.262 e. The second kappa shape index (κ2) is 8.35. The number of fused-ring (bicyclic) bond motifs is 1. The largest absolute Gasteiger partial charge is 0.369 e. The quantitative estimate of drug-likeness (QED) is 0.679. The van der Waals surface area contributed by atoms with Gasteiger partial charge in [0.05, 0.1) is 10.9 Å². The van der Waals surface area contributed by atoms with Gasteiger partial charge < -0.3 is 15.6 Å². The van der Waals surface area contributed by atoms with Crippen molar-refractivity contribution in [3.05, 3.63) is 37.8 Å². The highest BCUT2D eigenvalue weighted by molar-refractivity contribution is 9.10. The van der Waals surface area contributed by atoms with E-state index in [0.29, 0.717) is 61.0 Å². The molecule has 3 N–H and O–H groups in total. The van der Waals surface area contributed by atoms with E-state index in [2.05, 4.69) is 20.9 Å². The van der Waals surface area contributed by atoms with Crippen LogP contribution in [0.15, 0.2) is 27.5 Å². The van der Waals surface area contributed by atoms with Crippen molar-refractivity contribution in [1.82, 2.24) is 14.5 Å². The van der Waals surface area contributed by atoms with Gasteiger partial charge in [-0.05, 0) is 49.7 Å². The van der Waals surface area contributed by atoms with Crippen LogP contribution in [0.1, 0.15) is 25.7 Å². The summed E-state index contributed by atoms with van der Waals surface area (Å²) in [5, 5.41) is 0.554. The van der Waals surface area contributed by atoms with Crippen LogP contribution in [0.5, 0.6) is 0 Å². The molecule has 0 saturated carbocycles. The highest BCUT2D eigenvalue weighted by Gasteiger charge is 2.25. The number of primary amides is 1. The molecular weight excluding hydrogens is 432 g/mol. The number of likely N-dealkylation sites (tertiary alicyclic amines) is 1. The highest BCUT2D eigenvalue weighted by Crippen LogP contribution is 2.18. The van der Waals surface area contributed by atoms with Gasteiger partial charge in [-0.25, -0.2) is 0 Å². The molecule has 1 aliphatic heterocycles. The standard InChI is InChI=1S/C18H21BrN4O3S/c19-12-3-4-14-13(10-12)17(26)23(18(27)21-14)7-1-2-15(24)22-8-5-11(6-9-22)16(20)25/h3-4,10-11H,1-2,5-9H2,(H2,20,25)(H,21,27). The first kappa shape index (κ1) is 19.8. The molecule has 0 atom stereocenters. The van der Waals surface area contributed by atoms with E-state index in [1.54, 1.807) is 17.0 Å². The predicted molar refractivity (Wildman–Crippen MR) is 109 cm³/mol. The lowest BCUT2D eigenvalue weighted by Gasteiger charge is -2.30. The van der Waals surface area contributed by atoms with E-state index >= 15 is 0 Å². The van der Waals surface area contributed by atoms with Crippen LogP contribution in [0.3, 0.4) is 0 Å². The van der Waals surface area contributed by atoms with Gasteiger partial charge in [0.15, 0.2) is 4.77 Å². The smallest absolute Gasteiger partial charge is 0.262 e. The molecule has 0 radical (unpaired) electrons. The minimum atomic E-state index is -0.293. The number of nitrogens with zero attached hydrogens (tertiary/aromatic N) is 2. The molecule has 1 aromatic carbocycles. The van der Waals surface area contributed by atoms with E-state index in [1.165, 1.54) is 4.57 Å². The summed E-state index contributed by atoms with van der Waals surface area (Å²) in [5.41, 5.74) is 5.85. The molecule has 2 amide bonds. The van der Waals surface area contributed by atoms with Gasteiger partial charge in [0.25, 0.3) is 5.56 Å². The van der Waals surface area contributed by atoms with E-state index in [-0.39, 0.29) is 23.3 Å². The van der Waals surface area contributed by atoms with Gasteiger partial charge in [-0.15, -0.1) is 0 Å². The molecular formula is C18H21BrN4O3S. The zero-order valence-corrected chi connectivity index (χ0v) is 17.1. The summed E-state index contributed by atoms with van der Waals surface area (Å²) in [6.07, 6.45) is 2.08. The van der Waals surface area contributed by atoms with Crippen LogP contribution in [-0.4, -0.2) is 39.4 Å². The summed E-state index contributed by atoms with van der Waals surface area (Å²) in [6.45, 7) is 1.48. The molecule has 144 valence electrons. The Labute approximate surface area is 169 Å². The minimum Gasteiger partial charge on any atom is -0.369 e. The van der Waals surface area contributed by atoms with E-state index in [0.717, 1.165) is 4.47 Å². The van der Waals surface area contributed by atoms with Crippen molar-refractivity contribution in [2.24, 2.45) is 11.7 Å². The first-order valence-corrected chi connectivity index (χ1v) is 10.1. The second-order valence-corrected chi connectivity index (χ2v) is 8.04. The van der Waals surface area contributed by atoms with Crippen LogP contribution >= 0.6 is 28.1 Å². The van der Waals surface area contributed by atoms with Gasteiger partial charge in [0.2, 0.25) is 11.8 Å². The number of carbonyl (C=O) groups excluding carboxylic acids is 2. The Hall–Kier alpha value is -2.00. The Balaban J connectivity index is 1.62. The Morgan fingerprint density at radius 1 is 1.30 bits per heavy atom. The Bertz CT molecular complexity index is 992. The number of carbonyl (C=O) groups is 2. The van der Waals surface area contributed by atoms with E-state index < -0.39 is 0 Å². The average Bonchev–Trinajstić information content (AvgIpc) is 2.65. The molecule has 1 fully saturated rings.